The van der Waals surface area contributed by atoms with Crippen molar-refractivity contribution in [2.24, 2.45) is 0 Å². The van der Waals surface area contributed by atoms with Crippen molar-refractivity contribution in [2.75, 3.05) is 0 Å². The first-order valence-corrected chi connectivity index (χ1v) is 7.04. The van der Waals surface area contributed by atoms with Crippen molar-refractivity contribution >= 4 is 11.8 Å². The lowest BCUT2D eigenvalue weighted by Gasteiger charge is -2.10. The summed E-state index contributed by atoms with van der Waals surface area (Å²) < 4.78 is 15.4. The minimum Gasteiger partial charge on any atom is -0.389 e. The molecule has 0 aliphatic rings. The topological polar surface area (TPSA) is 70.9 Å². The number of aromatic amines is 1. The van der Waals surface area contributed by atoms with Gasteiger partial charge in [0.1, 0.15) is 5.82 Å². The highest BCUT2D eigenvalue weighted by Gasteiger charge is 2.15. The van der Waals surface area contributed by atoms with E-state index in [0.29, 0.717) is 15.6 Å². The van der Waals surface area contributed by atoms with Gasteiger partial charge in [0.05, 0.1) is 11.0 Å². The van der Waals surface area contributed by atoms with Crippen LogP contribution in [0.3, 0.4) is 0 Å². The van der Waals surface area contributed by atoms with Gasteiger partial charge in [0.2, 0.25) is 0 Å². The Kier molecular flexibility index (Phi) is 4.29. The van der Waals surface area contributed by atoms with Gasteiger partial charge in [-0.2, -0.15) is 0 Å². The molecule has 1 aromatic carbocycles. The molecule has 5 nitrogen and oxygen atoms in total. The monoisotopic (exact) mass is 297 g/mol. The molecule has 0 bridgehead atoms. The van der Waals surface area contributed by atoms with E-state index < -0.39 is 11.9 Å². The molecule has 108 valence electrons. The third kappa shape index (κ3) is 2.94. The predicted octanol–water partition coefficient (Wildman–Crippen LogP) is 2.50. The normalized spacial score (nSPS) is 12.9. The van der Waals surface area contributed by atoms with Crippen molar-refractivity contribution < 1.29 is 9.50 Å². The number of hydrogen-bond donors (Lipinski definition) is 2. The van der Waals surface area contributed by atoms with Gasteiger partial charge in [0.25, 0.3) is 0 Å². The molecule has 1 aromatic heterocycles. The van der Waals surface area contributed by atoms with Crippen LogP contribution >= 0.6 is 11.8 Å². The average molecular weight is 297 g/mol. The maximum atomic E-state index is 14.0. The Morgan fingerprint density at radius 1 is 1.40 bits per heavy atom. The summed E-state index contributed by atoms with van der Waals surface area (Å²) in [6.07, 6.45) is -0.720. The number of aliphatic hydroxyl groups excluding tert-OH is 1. The zero-order valence-electron chi connectivity index (χ0n) is 11.4. The molecule has 20 heavy (non-hydrogen) atoms. The fraction of sp³-hybridized carbons (Fsp3) is 0.385. The molecule has 1 heterocycles. The Bertz CT molecular complexity index is 664. The second-order valence-corrected chi connectivity index (χ2v) is 5.75. The van der Waals surface area contributed by atoms with Crippen molar-refractivity contribution in [1.29, 1.82) is 0 Å². The van der Waals surface area contributed by atoms with Gasteiger partial charge in [-0.1, -0.05) is 6.07 Å². The Morgan fingerprint density at radius 3 is 2.65 bits per heavy atom. The molecule has 2 aromatic rings. The number of nitrogens with zero attached hydrogens (tertiary/aromatic N) is 2. The molecule has 7 heteroatoms. The maximum Gasteiger partial charge on any atom is 0.344 e. The van der Waals surface area contributed by atoms with Gasteiger partial charge in [-0.25, -0.2) is 14.3 Å². The molecule has 0 aliphatic heterocycles. The smallest absolute Gasteiger partial charge is 0.344 e. The van der Waals surface area contributed by atoms with Gasteiger partial charge in [0.15, 0.2) is 5.16 Å². The van der Waals surface area contributed by atoms with E-state index in [0.717, 1.165) is 11.8 Å². The third-order valence-corrected chi connectivity index (χ3v) is 3.85. The summed E-state index contributed by atoms with van der Waals surface area (Å²) in [4.78, 5) is 12.0. The standard InChI is InChI=1S/C13H16FN3O2S/c1-7(2)17-12(19)15-16-13(17)20-11-5-4-9(8(3)18)6-10(11)14/h4-8,18H,1-3H3,(H,15,19)/t8-/m1/s1. The van der Waals surface area contributed by atoms with E-state index in [2.05, 4.69) is 10.2 Å². The highest BCUT2D eigenvalue weighted by atomic mass is 32.2. The van der Waals surface area contributed by atoms with Crippen LogP contribution in [-0.2, 0) is 0 Å². The van der Waals surface area contributed by atoms with Crippen molar-refractivity contribution in [1.82, 2.24) is 14.8 Å². The fourth-order valence-corrected chi connectivity index (χ4v) is 2.75. The Balaban J connectivity index is 2.34. The van der Waals surface area contributed by atoms with Crippen LogP contribution in [0, 0.1) is 5.82 Å². The molecule has 0 unspecified atom stereocenters. The number of nitrogens with one attached hydrogen (secondary N) is 1. The predicted molar refractivity (Wildman–Crippen MR) is 74.4 cm³/mol. The first kappa shape index (κ1) is 14.8. The summed E-state index contributed by atoms with van der Waals surface area (Å²) in [5.41, 5.74) is 0.193. The van der Waals surface area contributed by atoms with Crippen molar-refractivity contribution in [3.63, 3.8) is 0 Å². The van der Waals surface area contributed by atoms with Gasteiger partial charge in [-0.05, 0) is 50.2 Å². The molecule has 0 saturated heterocycles. The Morgan fingerprint density at radius 2 is 2.10 bits per heavy atom. The van der Waals surface area contributed by atoms with E-state index in [1.54, 1.807) is 19.1 Å². The van der Waals surface area contributed by atoms with E-state index in [4.69, 9.17) is 0 Å². The second kappa shape index (κ2) is 5.80. The summed E-state index contributed by atoms with van der Waals surface area (Å²) in [5.74, 6) is -0.445. The minimum atomic E-state index is -0.720. The van der Waals surface area contributed by atoms with Gasteiger partial charge < -0.3 is 5.11 Å². The minimum absolute atomic E-state index is 0.0662. The number of aliphatic hydroxyl groups is 1. The lowest BCUT2D eigenvalue weighted by Crippen LogP contribution is -2.19. The van der Waals surface area contributed by atoms with E-state index in [9.17, 15) is 14.3 Å². The SMILES string of the molecule is CC(C)n1c(Sc2ccc([C@@H](C)O)cc2F)n[nH]c1=O. The van der Waals surface area contributed by atoms with Gasteiger partial charge in [0, 0.05) is 6.04 Å². The van der Waals surface area contributed by atoms with Crippen molar-refractivity contribution in [3.8, 4) is 0 Å². The highest BCUT2D eigenvalue weighted by molar-refractivity contribution is 7.99. The van der Waals surface area contributed by atoms with Gasteiger partial charge >= 0.3 is 5.69 Å². The van der Waals surface area contributed by atoms with E-state index in [-0.39, 0.29) is 11.7 Å². The van der Waals surface area contributed by atoms with Crippen molar-refractivity contribution in [3.05, 3.63) is 40.1 Å². The van der Waals surface area contributed by atoms with Crippen LogP contribution < -0.4 is 5.69 Å². The zero-order valence-corrected chi connectivity index (χ0v) is 12.2. The van der Waals surface area contributed by atoms with E-state index in [1.165, 1.54) is 10.6 Å². The molecule has 2 N–H and O–H groups in total. The van der Waals surface area contributed by atoms with Crippen molar-refractivity contribution in [2.45, 2.75) is 43.0 Å². The molecule has 0 aliphatic carbocycles. The first-order valence-electron chi connectivity index (χ1n) is 6.22. The largest absolute Gasteiger partial charge is 0.389 e. The highest BCUT2D eigenvalue weighted by Crippen LogP contribution is 2.30. The molecule has 0 amide bonds. The lowest BCUT2D eigenvalue weighted by atomic mass is 10.1. The van der Waals surface area contributed by atoms with Crippen LogP contribution in [0.25, 0.3) is 0 Å². The number of halogens is 1. The van der Waals surface area contributed by atoms with Crippen LogP contribution in [0.4, 0.5) is 4.39 Å². The van der Waals surface area contributed by atoms with Crippen LogP contribution in [0.2, 0.25) is 0 Å². The van der Waals surface area contributed by atoms with Gasteiger partial charge in [-0.15, -0.1) is 5.10 Å². The van der Waals surface area contributed by atoms with E-state index in [1.807, 2.05) is 13.8 Å². The average Bonchev–Trinajstić information content (AvgIpc) is 2.72. The summed E-state index contributed by atoms with van der Waals surface area (Å²) in [6.45, 7) is 5.29. The molecule has 1 atom stereocenters. The van der Waals surface area contributed by atoms with Gasteiger partial charge in [-0.3, -0.25) is 4.57 Å². The summed E-state index contributed by atoms with van der Waals surface area (Å²) >= 11 is 1.07. The fourth-order valence-electron chi connectivity index (χ4n) is 1.78. The molecule has 0 spiro atoms. The molecule has 0 radical (unpaired) electrons. The zero-order chi connectivity index (χ0) is 14.9. The molecule has 0 fully saturated rings. The Hall–Kier alpha value is -1.60. The van der Waals surface area contributed by atoms with Crippen LogP contribution in [0.5, 0.6) is 0 Å². The maximum absolute atomic E-state index is 14.0. The number of aromatic nitrogens is 3. The number of H-pyrrole nitrogens is 1. The molecular formula is C13H16FN3O2S. The van der Waals surface area contributed by atoms with Crippen LogP contribution in [0.1, 0.15) is 38.5 Å². The molecular weight excluding hydrogens is 281 g/mol. The number of benzene rings is 1. The Labute approximate surface area is 119 Å². The second-order valence-electron chi connectivity index (χ2n) is 4.74. The molecule has 2 rings (SSSR count). The summed E-state index contributed by atoms with van der Waals surface area (Å²) in [5, 5.41) is 16.1. The van der Waals surface area contributed by atoms with Crippen LogP contribution in [-0.4, -0.2) is 19.9 Å². The molecule has 0 saturated carbocycles. The first-order chi connectivity index (χ1) is 9.40. The third-order valence-electron chi connectivity index (χ3n) is 2.83. The lowest BCUT2D eigenvalue weighted by molar-refractivity contribution is 0.198. The number of rotatable bonds is 4. The summed E-state index contributed by atoms with van der Waals surface area (Å²) in [6, 6.07) is 4.45. The quantitative estimate of drug-likeness (QED) is 0.909. The number of hydrogen-bond acceptors (Lipinski definition) is 4. The van der Waals surface area contributed by atoms with E-state index >= 15 is 0 Å². The summed E-state index contributed by atoms with van der Waals surface area (Å²) in [7, 11) is 0. The van der Waals surface area contributed by atoms with Crippen LogP contribution in [0.15, 0.2) is 33.0 Å².